The number of benzene rings is 2. The molecular weight excluding hydrogens is 354 g/mol. The first-order valence-electron chi connectivity index (χ1n) is 8.50. The molecule has 1 fully saturated rings. The summed E-state index contributed by atoms with van der Waals surface area (Å²) in [6.45, 7) is 4.96. The van der Waals surface area contributed by atoms with Crippen molar-refractivity contribution in [3.8, 4) is 0 Å². The summed E-state index contributed by atoms with van der Waals surface area (Å²) in [5.41, 5.74) is 2.07. The Morgan fingerprint density at radius 1 is 1.12 bits per heavy atom. The number of piperazine rings is 1. The molecule has 2 aromatic carbocycles. The molecule has 8 heteroatoms. The van der Waals surface area contributed by atoms with Crippen LogP contribution in [0, 0.1) is 17.0 Å². The molecule has 0 aromatic heterocycles. The van der Waals surface area contributed by atoms with E-state index >= 15 is 0 Å². The van der Waals surface area contributed by atoms with Gasteiger partial charge in [0.2, 0.25) is 10.0 Å². The van der Waals surface area contributed by atoms with Gasteiger partial charge in [-0.3, -0.25) is 10.1 Å². The Hall–Kier alpha value is -2.29. The largest absolute Gasteiger partial charge is 0.329 e. The number of nitro benzene ring substituents is 1. The molecule has 0 bridgehead atoms. The molecule has 138 valence electrons. The van der Waals surface area contributed by atoms with Gasteiger partial charge in [0.05, 0.1) is 31.1 Å². The first-order chi connectivity index (χ1) is 12.4. The van der Waals surface area contributed by atoms with Crippen LogP contribution in [0.4, 0.5) is 5.69 Å². The van der Waals surface area contributed by atoms with E-state index in [9.17, 15) is 18.5 Å². The number of aryl methyl sites for hydroxylation is 1. The van der Waals surface area contributed by atoms with Gasteiger partial charge >= 0.3 is 0 Å². The van der Waals surface area contributed by atoms with E-state index in [4.69, 9.17) is 0 Å². The summed E-state index contributed by atoms with van der Waals surface area (Å²) in [6.07, 6.45) is 0. The maximum absolute atomic E-state index is 12.8. The molecule has 0 atom stereocenters. The summed E-state index contributed by atoms with van der Waals surface area (Å²) in [5.74, 6) is 0. The third-order valence-corrected chi connectivity index (χ3v) is 6.59. The van der Waals surface area contributed by atoms with Gasteiger partial charge in [0, 0.05) is 11.6 Å². The normalized spacial score (nSPS) is 16.5. The van der Waals surface area contributed by atoms with Crippen molar-refractivity contribution in [1.29, 1.82) is 0 Å². The van der Waals surface area contributed by atoms with Crippen LogP contribution < -0.4 is 4.90 Å². The van der Waals surface area contributed by atoms with E-state index in [2.05, 4.69) is 25.1 Å². The molecule has 0 radical (unpaired) electrons. The third-order valence-electron chi connectivity index (χ3n) is 4.65. The van der Waals surface area contributed by atoms with Gasteiger partial charge in [0.15, 0.2) is 4.90 Å². The van der Waals surface area contributed by atoms with Crippen LogP contribution in [0.5, 0.6) is 0 Å². The lowest BCUT2D eigenvalue weighted by molar-refractivity contribution is -0.917. The van der Waals surface area contributed by atoms with Crippen molar-refractivity contribution >= 4 is 15.7 Å². The van der Waals surface area contributed by atoms with Crippen molar-refractivity contribution in [3.05, 3.63) is 69.8 Å². The van der Waals surface area contributed by atoms with E-state index in [1.165, 1.54) is 44.6 Å². The number of nitrogens with zero attached hydrogens (tertiary/aromatic N) is 2. The molecule has 0 unspecified atom stereocenters. The summed E-state index contributed by atoms with van der Waals surface area (Å²) < 4.78 is 27.0. The van der Waals surface area contributed by atoms with Crippen LogP contribution in [-0.2, 0) is 16.6 Å². The summed E-state index contributed by atoms with van der Waals surface area (Å²) in [7, 11) is -3.86. The van der Waals surface area contributed by atoms with Gasteiger partial charge in [-0.25, -0.2) is 8.42 Å². The highest BCUT2D eigenvalue weighted by Crippen LogP contribution is 2.26. The predicted molar refractivity (Wildman–Crippen MR) is 97.4 cm³/mol. The summed E-state index contributed by atoms with van der Waals surface area (Å²) >= 11 is 0. The average Bonchev–Trinajstić information content (AvgIpc) is 2.62. The highest BCUT2D eigenvalue weighted by atomic mass is 32.2. The minimum atomic E-state index is -3.86. The topological polar surface area (TPSA) is 85.0 Å². The van der Waals surface area contributed by atoms with Crippen LogP contribution in [0.15, 0.2) is 53.4 Å². The van der Waals surface area contributed by atoms with Crippen LogP contribution >= 0.6 is 0 Å². The number of nitrogens with one attached hydrogen (secondary N) is 1. The van der Waals surface area contributed by atoms with Crippen LogP contribution in [0.3, 0.4) is 0 Å². The second-order valence-corrected chi connectivity index (χ2v) is 8.45. The third kappa shape index (κ3) is 3.92. The number of hydrogen-bond acceptors (Lipinski definition) is 4. The predicted octanol–water partition coefficient (Wildman–Crippen LogP) is 0.993. The van der Waals surface area contributed by atoms with E-state index in [0.717, 1.165) is 6.54 Å². The van der Waals surface area contributed by atoms with Gasteiger partial charge in [-0.15, -0.1) is 0 Å². The number of sulfonamides is 1. The maximum atomic E-state index is 12.8. The van der Waals surface area contributed by atoms with Crippen molar-refractivity contribution in [2.24, 2.45) is 0 Å². The highest BCUT2D eigenvalue weighted by molar-refractivity contribution is 7.89. The number of para-hydroxylation sites is 1. The highest BCUT2D eigenvalue weighted by Gasteiger charge is 2.34. The van der Waals surface area contributed by atoms with Crippen molar-refractivity contribution in [1.82, 2.24) is 4.31 Å². The van der Waals surface area contributed by atoms with E-state index in [-0.39, 0.29) is 10.6 Å². The van der Waals surface area contributed by atoms with E-state index in [1.807, 2.05) is 6.07 Å². The summed E-state index contributed by atoms with van der Waals surface area (Å²) in [6, 6.07) is 13.8. The Labute approximate surface area is 153 Å². The van der Waals surface area contributed by atoms with Crippen molar-refractivity contribution in [2.45, 2.75) is 18.4 Å². The van der Waals surface area contributed by atoms with E-state index < -0.39 is 14.9 Å². The molecule has 1 heterocycles. The molecule has 0 aliphatic carbocycles. The standard InChI is InChI=1S/C18H21N3O4S/c1-15-5-4-6-16(13-15)14-19-9-11-20(12-10-19)26(24,25)18-8-3-2-7-17(18)21(22)23/h2-8,13H,9-12,14H2,1H3/p+1. The van der Waals surface area contributed by atoms with Crippen molar-refractivity contribution in [3.63, 3.8) is 0 Å². The Balaban J connectivity index is 1.70. The lowest BCUT2D eigenvalue weighted by Crippen LogP contribution is -3.13. The van der Waals surface area contributed by atoms with Gasteiger partial charge in [-0.1, -0.05) is 42.0 Å². The van der Waals surface area contributed by atoms with Crippen molar-refractivity contribution in [2.75, 3.05) is 26.2 Å². The van der Waals surface area contributed by atoms with Crippen molar-refractivity contribution < 1.29 is 18.2 Å². The zero-order valence-electron chi connectivity index (χ0n) is 14.6. The quantitative estimate of drug-likeness (QED) is 0.623. The Bertz CT molecular complexity index is 906. The zero-order valence-corrected chi connectivity index (χ0v) is 15.4. The molecule has 1 N–H and O–H groups in total. The average molecular weight is 376 g/mol. The maximum Gasteiger partial charge on any atom is 0.289 e. The van der Waals surface area contributed by atoms with E-state index in [1.54, 1.807) is 0 Å². The minimum absolute atomic E-state index is 0.230. The zero-order chi connectivity index (χ0) is 18.7. The Morgan fingerprint density at radius 2 is 1.81 bits per heavy atom. The Morgan fingerprint density at radius 3 is 2.46 bits per heavy atom. The van der Waals surface area contributed by atoms with Crippen LogP contribution in [-0.4, -0.2) is 43.8 Å². The van der Waals surface area contributed by atoms with Gasteiger partial charge in [-0.2, -0.15) is 4.31 Å². The number of nitro groups is 1. The van der Waals surface area contributed by atoms with Gasteiger partial charge in [0.25, 0.3) is 5.69 Å². The molecule has 0 saturated carbocycles. The molecule has 0 amide bonds. The summed E-state index contributed by atoms with van der Waals surface area (Å²) in [4.78, 5) is 11.6. The van der Waals surface area contributed by atoms with Crippen LogP contribution in [0.25, 0.3) is 0 Å². The molecule has 0 spiro atoms. The molecule has 2 aromatic rings. The molecular formula is C18H22N3O4S+. The smallest absolute Gasteiger partial charge is 0.289 e. The number of quaternary nitrogens is 1. The fourth-order valence-corrected chi connectivity index (χ4v) is 4.89. The lowest BCUT2D eigenvalue weighted by Gasteiger charge is -2.31. The minimum Gasteiger partial charge on any atom is -0.329 e. The molecule has 1 aliphatic rings. The van der Waals surface area contributed by atoms with Gasteiger partial charge < -0.3 is 4.90 Å². The SMILES string of the molecule is Cc1cccc(C[NH+]2CCN(S(=O)(=O)c3ccccc3[N+](=O)[O-])CC2)c1. The molecule has 1 aliphatic heterocycles. The van der Waals surface area contributed by atoms with Crippen LogP contribution in [0.2, 0.25) is 0 Å². The van der Waals surface area contributed by atoms with Crippen LogP contribution in [0.1, 0.15) is 11.1 Å². The first kappa shape index (κ1) is 18.5. The number of rotatable bonds is 5. The van der Waals surface area contributed by atoms with Gasteiger partial charge in [-0.05, 0) is 13.0 Å². The molecule has 7 nitrogen and oxygen atoms in total. The monoisotopic (exact) mass is 376 g/mol. The Kier molecular flexibility index (Phi) is 5.36. The molecule has 26 heavy (non-hydrogen) atoms. The second kappa shape index (κ2) is 7.53. The fourth-order valence-electron chi connectivity index (χ4n) is 3.30. The molecule has 1 saturated heterocycles. The first-order valence-corrected chi connectivity index (χ1v) is 9.94. The fraction of sp³-hybridized carbons (Fsp3) is 0.333. The van der Waals surface area contributed by atoms with E-state index in [0.29, 0.717) is 26.2 Å². The molecule has 3 rings (SSSR count). The van der Waals surface area contributed by atoms with Gasteiger partial charge in [0.1, 0.15) is 6.54 Å². The summed E-state index contributed by atoms with van der Waals surface area (Å²) in [5, 5.41) is 11.2. The lowest BCUT2D eigenvalue weighted by atomic mass is 10.1. The second-order valence-electron chi connectivity index (χ2n) is 6.54. The number of hydrogen-bond donors (Lipinski definition) is 1.